The second kappa shape index (κ2) is 21.6. The van der Waals surface area contributed by atoms with Crippen LogP contribution in [0, 0.1) is 20.2 Å². The average Bonchev–Trinajstić information content (AvgIpc) is 3.52. The normalized spacial score (nSPS) is 15.6. The zero-order chi connectivity index (χ0) is 32.9. The first-order valence-corrected chi connectivity index (χ1v) is 15.4. The van der Waals surface area contributed by atoms with Crippen LogP contribution in [0.15, 0.2) is 30.3 Å². The molecule has 16 heteroatoms. The monoisotopic (exact) mass is 639 g/mol. The zero-order valence-electron chi connectivity index (χ0n) is 25.5. The Hall–Kier alpha value is -4.05. The van der Waals surface area contributed by atoms with E-state index in [2.05, 4.69) is 15.0 Å². The van der Waals surface area contributed by atoms with Crippen molar-refractivity contribution in [2.75, 3.05) is 39.5 Å². The van der Waals surface area contributed by atoms with E-state index in [0.29, 0.717) is 83.7 Å². The first-order chi connectivity index (χ1) is 21.7. The summed E-state index contributed by atoms with van der Waals surface area (Å²) in [4.78, 5) is 70.6. The fraction of sp³-hybridized carbons (Fsp3) is 0.690. The number of nitrogens with zero attached hydrogens (tertiary/aromatic N) is 3. The molecule has 0 saturated carbocycles. The van der Waals surface area contributed by atoms with Crippen LogP contribution in [0.2, 0.25) is 0 Å². The quantitative estimate of drug-likeness (QED) is 0.0718. The lowest BCUT2D eigenvalue weighted by atomic mass is 10.0. The first kappa shape index (κ1) is 37.1. The van der Waals surface area contributed by atoms with E-state index in [0.717, 1.165) is 5.56 Å². The van der Waals surface area contributed by atoms with Gasteiger partial charge in [-0.2, -0.15) is 0 Å². The summed E-state index contributed by atoms with van der Waals surface area (Å²) < 4.78 is 10.9. The number of hydrogen-bond donors (Lipinski definition) is 2. The van der Waals surface area contributed by atoms with Crippen LogP contribution in [-0.2, 0) is 40.0 Å². The van der Waals surface area contributed by atoms with Gasteiger partial charge in [0.2, 0.25) is 5.91 Å². The summed E-state index contributed by atoms with van der Waals surface area (Å²) in [6.45, 7) is 0.670. The Kier molecular flexibility index (Phi) is 17.8. The van der Waals surface area contributed by atoms with Gasteiger partial charge in [-0.05, 0) is 76.3 Å². The molecule has 1 amide bonds. The molecule has 1 fully saturated rings. The third kappa shape index (κ3) is 15.0. The van der Waals surface area contributed by atoms with Crippen molar-refractivity contribution < 1.29 is 43.7 Å². The van der Waals surface area contributed by atoms with Crippen LogP contribution in [0.1, 0.15) is 69.8 Å². The van der Waals surface area contributed by atoms with Crippen LogP contribution >= 0.6 is 0 Å². The number of rotatable bonds is 24. The third-order valence-corrected chi connectivity index (χ3v) is 7.26. The molecule has 1 saturated heterocycles. The fourth-order valence-electron chi connectivity index (χ4n) is 4.94. The number of ether oxygens (including phenoxy) is 2. The lowest BCUT2D eigenvalue weighted by molar-refractivity contribution is -0.757. The molecule has 1 aliphatic heterocycles. The van der Waals surface area contributed by atoms with Crippen molar-refractivity contribution in [1.29, 1.82) is 0 Å². The van der Waals surface area contributed by atoms with Gasteiger partial charge in [0.05, 0.1) is 32.5 Å². The number of unbranched alkanes of at least 4 members (excludes halogenated alkanes) is 3. The molecule has 0 spiro atoms. The predicted octanol–water partition coefficient (Wildman–Crippen LogP) is 2.13. The molecule has 1 aromatic rings. The highest BCUT2D eigenvalue weighted by Crippen LogP contribution is 2.22. The number of aryl methyl sites for hydroxylation is 1. The number of hydrogen-bond acceptors (Lipinski definition) is 13. The van der Waals surface area contributed by atoms with E-state index >= 15 is 0 Å². The highest BCUT2D eigenvalue weighted by atomic mass is 17.0. The molecule has 3 N–H and O–H groups in total. The van der Waals surface area contributed by atoms with E-state index in [1.54, 1.807) is 0 Å². The van der Waals surface area contributed by atoms with Crippen LogP contribution < -0.4 is 11.1 Å². The molecule has 0 aromatic heterocycles. The number of benzene rings is 1. The van der Waals surface area contributed by atoms with Crippen LogP contribution in [-0.4, -0.2) is 90.6 Å². The van der Waals surface area contributed by atoms with Crippen LogP contribution in [0.25, 0.3) is 0 Å². The Morgan fingerprint density at radius 3 is 2.11 bits per heavy atom. The lowest BCUT2D eigenvalue weighted by Crippen LogP contribution is -2.54. The van der Waals surface area contributed by atoms with E-state index < -0.39 is 40.2 Å². The SMILES string of the molecule is NCCCC[C@H](N[C@@H](CCc1ccccc1)C(=O)OCCCCO[N+](=O)[O-])C(=O)N1CCC[C@H]1C(=O)OCCCCO[N+](=O)[O-]. The number of likely N-dealkylation sites (tertiary alicyclic amines) is 1. The second-order valence-electron chi connectivity index (χ2n) is 10.6. The minimum absolute atomic E-state index is 0.0351. The number of esters is 2. The van der Waals surface area contributed by atoms with Gasteiger partial charge in [0, 0.05) is 6.54 Å². The van der Waals surface area contributed by atoms with Crippen molar-refractivity contribution in [3.8, 4) is 0 Å². The Morgan fingerprint density at radius 2 is 1.49 bits per heavy atom. The summed E-state index contributed by atoms with van der Waals surface area (Å²) in [6.07, 6.45) is 5.01. The third-order valence-electron chi connectivity index (χ3n) is 7.26. The standard InChI is InChI=1S/C29H45N5O11/c30-17-5-4-13-24(27(35)32-18-10-14-26(32)29(37)43-20-7-9-22-45-34(40)41)31-25(16-15-23-11-2-1-3-12-23)28(36)42-19-6-8-21-44-33(38)39/h1-3,11-12,24-26,31H,4-10,13-22,30H2/t24-,25-,26-/m0/s1. The second-order valence-corrected chi connectivity index (χ2v) is 10.6. The summed E-state index contributed by atoms with van der Waals surface area (Å²) in [7, 11) is 0. The lowest BCUT2D eigenvalue weighted by Gasteiger charge is -2.30. The maximum atomic E-state index is 13.9. The molecule has 0 bridgehead atoms. The number of amides is 1. The number of carbonyl (C=O) groups excluding carboxylic acids is 3. The summed E-state index contributed by atoms with van der Waals surface area (Å²) >= 11 is 0. The van der Waals surface area contributed by atoms with Gasteiger partial charge in [-0.15, -0.1) is 20.2 Å². The maximum absolute atomic E-state index is 13.9. The molecule has 16 nitrogen and oxygen atoms in total. The fourth-order valence-corrected chi connectivity index (χ4v) is 4.94. The van der Waals surface area contributed by atoms with Crippen molar-refractivity contribution in [3.05, 3.63) is 56.1 Å². The van der Waals surface area contributed by atoms with Gasteiger partial charge >= 0.3 is 11.9 Å². The van der Waals surface area contributed by atoms with Crippen LogP contribution in [0.5, 0.6) is 0 Å². The van der Waals surface area contributed by atoms with Gasteiger partial charge in [-0.3, -0.25) is 14.9 Å². The smallest absolute Gasteiger partial charge is 0.328 e. The molecule has 0 radical (unpaired) electrons. The topological polar surface area (TPSA) is 216 Å². The minimum atomic E-state index is -0.879. The molecule has 3 atom stereocenters. The van der Waals surface area contributed by atoms with Crippen molar-refractivity contribution in [2.45, 2.75) is 88.8 Å². The number of nitrogens with one attached hydrogen (secondary N) is 1. The molecule has 45 heavy (non-hydrogen) atoms. The zero-order valence-corrected chi connectivity index (χ0v) is 25.5. The van der Waals surface area contributed by atoms with Gasteiger partial charge in [0.1, 0.15) is 12.1 Å². The van der Waals surface area contributed by atoms with Gasteiger partial charge in [-0.1, -0.05) is 36.8 Å². The van der Waals surface area contributed by atoms with Crippen LogP contribution in [0.4, 0.5) is 0 Å². The minimum Gasteiger partial charge on any atom is -0.465 e. The Morgan fingerprint density at radius 1 is 0.867 bits per heavy atom. The molecule has 252 valence electrons. The first-order valence-electron chi connectivity index (χ1n) is 15.4. The highest BCUT2D eigenvalue weighted by molar-refractivity contribution is 5.89. The highest BCUT2D eigenvalue weighted by Gasteiger charge is 2.39. The molecular weight excluding hydrogens is 594 g/mol. The van der Waals surface area contributed by atoms with Gasteiger partial charge < -0.3 is 29.8 Å². The van der Waals surface area contributed by atoms with E-state index in [-0.39, 0.29) is 32.3 Å². The molecule has 0 unspecified atom stereocenters. The summed E-state index contributed by atoms with van der Waals surface area (Å²) in [5, 5.41) is 22.1. The van der Waals surface area contributed by atoms with E-state index in [9.17, 15) is 34.6 Å². The Bertz CT molecular complexity index is 1060. The number of carbonyl (C=O) groups is 3. The van der Waals surface area contributed by atoms with Gasteiger partial charge in [0.15, 0.2) is 0 Å². The Labute approximate surface area is 262 Å². The van der Waals surface area contributed by atoms with Gasteiger partial charge in [-0.25, -0.2) is 4.79 Å². The summed E-state index contributed by atoms with van der Waals surface area (Å²) in [6, 6.07) is 7.18. The number of nitrogens with two attached hydrogens (primary N) is 1. The molecular formula is C29H45N5O11. The maximum Gasteiger partial charge on any atom is 0.328 e. The molecule has 0 aliphatic carbocycles. The van der Waals surface area contributed by atoms with Crippen LogP contribution in [0.3, 0.4) is 0 Å². The summed E-state index contributed by atoms with van der Waals surface area (Å²) in [5.74, 6) is -1.41. The molecule has 1 aliphatic rings. The molecule has 1 heterocycles. The van der Waals surface area contributed by atoms with E-state index in [1.807, 2.05) is 30.3 Å². The Balaban J connectivity index is 2.07. The van der Waals surface area contributed by atoms with Crippen molar-refractivity contribution in [1.82, 2.24) is 10.2 Å². The van der Waals surface area contributed by atoms with Crippen molar-refractivity contribution in [3.63, 3.8) is 0 Å². The molecule has 1 aromatic carbocycles. The van der Waals surface area contributed by atoms with Gasteiger partial charge in [0.25, 0.3) is 10.2 Å². The van der Waals surface area contributed by atoms with E-state index in [1.165, 1.54) is 4.90 Å². The largest absolute Gasteiger partial charge is 0.465 e. The predicted molar refractivity (Wildman–Crippen MR) is 159 cm³/mol. The van der Waals surface area contributed by atoms with Crippen molar-refractivity contribution in [2.24, 2.45) is 5.73 Å². The van der Waals surface area contributed by atoms with E-state index in [4.69, 9.17) is 15.2 Å². The van der Waals surface area contributed by atoms with Crippen molar-refractivity contribution >= 4 is 17.8 Å². The molecule has 2 rings (SSSR count). The average molecular weight is 640 g/mol. The summed E-state index contributed by atoms with van der Waals surface area (Å²) in [5.41, 5.74) is 6.70.